The predicted molar refractivity (Wildman–Crippen MR) is 414 cm³/mol. The lowest BCUT2D eigenvalue weighted by Gasteiger charge is -2.21. The average Bonchev–Trinajstić information content (AvgIpc) is 0.961. The summed E-state index contributed by atoms with van der Waals surface area (Å²) in [5.41, 5.74) is 0. The van der Waals surface area contributed by atoms with E-state index in [0.29, 0.717) is 25.7 Å². The van der Waals surface area contributed by atoms with Crippen LogP contribution in [0.5, 0.6) is 0 Å². The Labute approximate surface area is 619 Å². The molecule has 0 saturated carbocycles. The standard InChI is InChI=1S/C82H160O17P2/c1-7-9-11-13-15-16-17-18-19-20-21-25-28-31-36-41-47-53-59-65-80(85)93-71-78(99-81(86)66-60-54-48-42-37-32-29-26-23-22-24-27-30-34-39-45-50-56-62-74(3)4)73-97-101(90,91)95-69-76(83)68-94-100(88,89)96-72-77(70-92-79(84)64-58-52-44-14-12-10-8-2)98-82(87)67-61-55-49-43-38-33-35-40-46-51-57-63-75(5)6/h74-78,83H,7-73H2,1-6H3,(H,88,89)(H,90,91)/t76-,77+,78+/m0/s1. The van der Waals surface area contributed by atoms with Crippen molar-refractivity contribution >= 4 is 39.5 Å². The summed E-state index contributed by atoms with van der Waals surface area (Å²) in [5, 5.41) is 10.6. The zero-order valence-corrected chi connectivity index (χ0v) is 68.0. The first-order valence-electron chi connectivity index (χ1n) is 42.5. The van der Waals surface area contributed by atoms with E-state index in [1.165, 1.54) is 238 Å². The van der Waals surface area contributed by atoms with Gasteiger partial charge >= 0.3 is 39.5 Å². The Kier molecular flexibility index (Phi) is 72.2. The molecule has 0 fully saturated rings. The second kappa shape index (κ2) is 73.6. The van der Waals surface area contributed by atoms with Gasteiger partial charge in [-0.15, -0.1) is 0 Å². The van der Waals surface area contributed by atoms with E-state index in [4.69, 9.17) is 37.0 Å². The molecule has 600 valence electrons. The third-order valence-corrected chi connectivity index (χ3v) is 21.1. The van der Waals surface area contributed by atoms with Gasteiger partial charge in [-0.25, -0.2) is 9.13 Å². The van der Waals surface area contributed by atoms with E-state index in [1.54, 1.807) is 0 Å². The van der Waals surface area contributed by atoms with Gasteiger partial charge in [0.05, 0.1) is 26.4 Å². The third kappa shape index (κ3) is 76.1. The Morgan fingerprint density at radius 3 is 0.673 bits per heavy atom. The van der Waals surface area contributed by atoms with Crippen molar-refractivity contribution in [2.75, 3.05) is 39.6 Å². The quantitative estimate of drug-likeness (QED) is 0.0222. The van der Waals surface area contributed by atoms with Crippen LogP contribution in [0.4, 0.5) is 0 Å². The summed E-state index contributed by atoms with van der Waals surface area (Å²) in [6, 6.07) is 0. The minimum Gasteiger partial charge on any atom is -0.462 e. The highest BCUT2D eigenvalue weighted by molar-refractivity contribution is 7.47. The van der Waals surface area contributed by atoms with E-state index >= 15 is 0 Å². The molecular weight excluding hydrogens is 1320 g/mol. The lowest BCUT2D eigenvalue weighted by molar-refractivity contribution is -0.161. The van der Waals surface area contributed by atoms with Crippen LogP contribution in [-0.4, -0.2) is 96.7 Å². The number of hydrogen-bond acceptors (Lipinski definition) is 15. The van der Waals surface area contributed by atoms with Gasteiger partial charge in [-0.1, -0.05) is 382 Å². The SMILES string of the molecule is CCCCCCCCCCCCCCCCCCCCCC(=O)OC[C@H](COP(=O)(O)OC[C@@H](O)COP(=O)(O)OC[C@@H](COC(=O)CCCCCCCCC)OC(=O)CCCCCCCCCCCCCC(C)C)OC(=O)CCCCCCCCCCCCCCCCCCCCC(C)C. The fourth-order valence-corrected chi connectivity index (χ4v) is 14.3. The highest BCUT2D eigenvalue weighted by Gasteiger charge is 2.30. The molecule has 0 aromatic heterocycles. The number of carbonyl (C=O) groups is 4. The smallest absolute Gasteiger partial charge is 0.462 e. The highest BCUT2D eigenvalue weighted by atomic mass is 31.2. The minimum atomic E-state index is -4.96. The second-order valence-electron chi connectivity index (χ2n) is 30.5. The summed E-state index contributed by atoms with van der Waals surface area (Å²) in [4.78, 5) is 72.9. The van der Waals surface area contributed by atoms with Gasteiger partial charge in [-0.05, 0) is 37.5 Å². The molecule has 0 saturated heterocycles. The van der Waals surface area contributed by atoms with Crippen LogP contribution in [0.3, 0.4) is 0 Å². The number of phosphoric ester groups is 2. The van der Waals surface area contributed by atoms with E-state index in [9.17, 15) is 43.2 Å². The molecule has 0 bridgehead atoms. The van der Waals surface area contributed by atoms with Crippen molar-refractivity contribution in [3.8, 4) is 0 Å². The van der Waals surface area contributed by atoms with Crippen molar-refractivity contribution in [3.63, 3.8) is 0 Å². The van der Waals surface area contributed by atoms with Gasteiger partial charge in [0.15, 0.2) is 12.2 Å². The Bertz CT molecular complexity index is 1940. The topological polar surface area (TPSA) is 237 Å². The van der Waals surface area contributed by atoms with Gasteiger partial charge in [-0.3, -0.25) is 37.3 Å². The van der Waals surface area contributed by atoms with Crippen LogP contribution in [-0.2, 0) is 65.4 Å². The fraction of sp³-hybridized carbons (Fsp3) is 0.951. The largest absolute Gasteiger partial charge is 0.472 e. The van der Waals surface area contributed by atoms with Gasteiger partial charge in [0.25, 0.3) is 0 Å². The molecule has 5 atom stereocenters. The average molecular weight is 1480 g/mol. The molecule has 0 aromatic carbocycles. The van der Waals surface area contributed by atoms with Gasteiger partial charge in [0.2, 0.25) is 0 Å². The maximum absolute atomic E-state index is 13.1. The van der Waals surface area contributed by atoms with Crippen molar-refractivity contribution in [1.82, 2.24) is 0 Å². The number of esters is 4. The molecule has 0 aliphatic heterocycles. The second-order valence-corrected chi connectivity index (χ2v) is 33.4. The Morgan fingerprint density at radius 2 is 0.455 bits per heavy atom. The molecule has 0 heterocycles. The van der Waals surface area contributed by atoms with Crippen molar-refractivity contribution in [2.24, 2.45) is 11.8 Å². The Balaban J connectivity index is 5.17. The first-order valence-corrected chi connectivity index (χ1v) is 45.5. The summed E-state index contributed by atoms with van der Waals surface area (Å²) < 4.78 is 68.6. The molecule has 0 rings (SSSR count). The van der Waals surface area contributed by atoms with Crippen LogP contribution in [0.25, 0.3) is 0 Å². The fourth-order valence-electron chi connectivity index (χ4n) is 12.7. The molecule has 0 aliphatic rings. The molecule has 0 aliphatic carbocycles. The van der Waals surface area contributed by atoms with Crippen molar-refractivity contribution in [2.45, 2.75) is 452 Å². The number of ether oxygens (including phenoxy) is 4. The maximum atomic E-state index is 13.1. The third-order valence-electron chi connectivity index (χ3n) is 19.2. The summed E-state index contributed by atoms with van der Waals surface area (Å²) in [7, 11) is -9.91. The van der Waals surface area contributed by atoms with Crippen molar-refractivity contribution in [1.29, 1.82) is 0 Å². The van der Waals surface area contributed by atoms with Crippen LogP contribution in [0.2, 0.25) is 0 Å². The minimum absolute atomic E-state index is 0.106. The monoisotopic (exact) mass is 1480 g/mol. The molecule has 19 heteroatoms. The van der Waals surface area contributed by atoms with Crippen LogP contribution >= 0.6 is 15.6 Å². The van der Waals surface area contributed by atoms with Gasteiger partial charge in [0, 0.05) is 25.7 Å². The van der Waals surface area contributed by atoms with Crippen LogP contribution in [0, 0.1) is 11.8 Å². The van der Waals surface area contributed by atoms with Crippen molar-refractivity contribution < 1.29 is 80.2 Å². The molecule has 3 N–H and O–H groups in total. The molecular formula is C82H160O17P2. The number of rotatable bonds is 81. The number of carbonyl (C=O) groups excluding carboxylic acids is 4. The van der Waals surface area contributed by atoms with E-state index in [1.807, 2.05) is 0 Å². The number of unbranched alkanes of at least 4 members (excludes halogenated alkanes) is 51. The number of hydrogen-bond donors (Lipinski definition) is 3. The Morgan fingerprint density at radius 1 is 0.267 bits per heavy atom. The van der Waals surface area contributed by atoms with Gasteiger partial charge in [0.1, 0.15) is 19.3 Å². The summed E-state index contributed by atoms with van der Waals surface area (Å²) in [6.45, 7) is 9.63. The van der Waals surface area contributed by atoms with Gasteiger partial charge < -0.3 is 33.8 Å². The molecule has 0 radical (unpaired) electrons. The Hall–Kier alpha value is -1.94. The lowest BCUT2D eigenvalue weighted by atomic mass is 10.0. The molecule has 0 aromatic rings. The summed E-state index contributed by atoms with van der Waals surface area (Å²) >= 11 is 0. The van der Waals surface area contributed by atoms with Crippen LogP contribution in [0.1, 0.15) is 433 Å². The lowest BCUT2D eigenvalue weighted by Crippen LogP contribution is -2.30. The van der Waals surface area contributed by atoms with E-state index < -0.39 is 97.5 Å². The predicted octanol–water partition coefficient (Wildman–Crippen LogP) is 24.7. The van der Waals surface area contributed by atoms with E-state index in [-0.39, 0.29) is 25.7 Å². The van der Waals surface area contributed by atoms with Crippen molar-refractivity contribution in [3.05, 3.63) is 0 Å². The van der Waals surface area contributed by atoms with E-state index in [0.717, 1.165) is 115 Å². The molecule has 0 spiro atoms. The van der Waals surface area contributed by atoms with Crippen LogP contribution < -0.4 is 0 Å². The molecule has 17 nitrogen and oxygen atoms in total. The van der Waals surface area contributed by atoms with E-state index in [2.05, 4.69) is 41.5 Å². The zero-order chi connectivity index (χ0) is 74.2. The molecule has 0 amide bonds. The number of phosphoric acid groups is 2. The number of aliphatic hydroxyl groups is 1. The summed E-state index contributed by atoms with van der Waals surface area (Å²) in [5.74, 6) is -0.527. The maximum Gasteiger partial charge on any atom is 0.472 e. The van der Waals surface area contributed by atoms with Gasteiger partial charge in [-0.2, -0.15) is 0 Å². The summed E-state index contributed by atoms with van der Waals surface area (Å²) in [6.07, 6.45) is 64.1. The normalized spacial score (nSPS) is 13.9. The van der Waals surface area contributed by atoms with Crippen LogP contribution in [0.15, 0.2) is 0 Å². The first kappa shape index (κ1) is 99.1. The first-order chi connectivity index (χ1) is 48.9. The molecule has 2 unspecified atom stereocenters. The zero-order valence-electron chi connectivity index (χ0n) is 66.2. The highest BCUT2D eigenvalue weighted by Crippen LogP contribution is 2.45. The number of aliphatic hydroxyl groups excluding tert-OH is 1. The molecule has 101 heavy (non-hydrogen) atoms.